The molecule has 0 aliphatic rings. The van der Waals surface area contributed by atoms with Gasteiger partial charge in [0.2, 0.25) is 0 Å². The van der Waals surface area contributed by atoms with Crippen LogP contribution in [0.25, 0.3) is 0 Å². The molecule has 13 heavy (non-hydrogen) atoms. The number of methoxy groups -OCH3 is 1. The Morgan fingerprint density at radius 3 is 2.69 bits per heavy atom. The van der Waals surface area contributed by atoms with Gasteiger partial charge in [0.15, 0.2) is 11.5 Å². The zero-order valence-electron chi connectivity index (χ0n) is 6.84. The largest absolute Gasteiger partial charge is 0.504 e. The molecule has 72 valence electrons. The van der Waals surface area contributed by atoms with Gasteiger partial charge in [0.25, 0.3) is 0 Å². The molecule has 0 bridgehead atoms. The lowest BCUT2D eigenvalue weighted by Crippen LogP contribution is -1.95. The summed E-state index contributed by atoms with van der Waals surface area (Å²) < 4.78 is 17.6. The molecule has 3 nitrogen and oxygen atoms in total. The number of aliphatic hydroxyl groups excluding tert-OH is 1. The molecule has 0 aliphatic heterocycles. The van der Waals surface area contributed by atoms with Crippen molar-refractivity contribution in [2.45, 2.75) is 6.61 Å². The number of aliphatic hydroxyl groups is 1. The van der Waals surface area contributed by atoms with Crippen LogP contribution in [0.2, 0.25) is 5.02 Å². The monoisotopic (exact) mass is 206 g/mol. The van der Waals surface area contributed by atoms with Gasteiger partial charge in [-0.2, -0.15) is 0 Å². The number of phenols is 1. The fourth-order valence-electron chi connectivity index (χ4n) is 1.02. The third-order valence-electron chi connectivity index (χ3n) is 1.61. The van der Waals surface area contributed by atoms with Crippen molar-refractivity contribution in [2.75, 3.05) is 7.11 Å². The highest BCUT2D eigenvalue weighted by Crippen LogP contribution is 2.36. The summed E-state index contributed by atoms with van der Waals surface area (Å²) in [6, 6.07) is 0.834. The molecule has 0 saturated heterocycles. The summed E-state index contributed by atoms with van der Waals surface area (Å²) in [5.74, 6) is -1.17. The van der Waals surface area contributed by atoms with Gasteiger partial charge in [0, 0.05) is 11.6 Å². The first-order chi connectivity index (χ1) is 6.11. The van der Waals surface area contributed by atoms with Crippen LogP contribution in [0.3, 0.4) is 0 Å². The lowest BCUT2D eigenvalue weighted by atomic mass is 10.2. The Hall–Kier alpha value is -1.00. The minimum atomic E-state index is -0.788. The third-order valence-corrected chi connectivity index (χ3v) is 2.02. The summed E-state index contributed by atoms with van der Waals surface area (Å²) in [4.78, 5) is 0. The number of ether oxygens (including phenoxy) is 1. The Labute approximate surface area is 79.3 Å². The van der Waals surface area contributed by atoms with Crippen molar-refractivity contribution in [1.82, 2.24) is 0 Å². The van der Waals surface area contributed by atoms with E-state index >= 15 is 0 Å². The van der Waals surface area contributed by atoms with Crippen LogP contribution >= 0.6 is 11.6 Å². The van der Waals surface area contributed by atoms with Crippen molar-refractivity contribution >= 4 is 11.6 Å². The fourth-order valence-corrected chi connectivity index (χ4v) is 1.22. The van der Waals surface area contributed by atoms with Crippen molar-refractivity contribution in [3.05, 3.63) is 22.5 Å². The molecule has 0 fully saturated rings. The first kappa shape index (κ1) is 10.1. The molecular formula is C8H8ClFO3. The van der Waals surface area contributed by atoms with Crippen LogP contribution in [-0.2, 0) is 6.61 Å². The number of phenolic OH excluding ortho intramolecular Hbond substituents is 1. The first-order valence-corrected chi connectivity index (χ1v) is 3.84. The van der Waals surface area contributed by atoms with Gasteiger partial charge in [0.05, 0.1) is 18.7 Å². The molecule has 0 radical (unpaired) electrons. The summed E-state index contributed by atoms with van der Waals surface area (Å²) in [5.41, 5.74) is 0.0432. The highest BCUT2D eigenvalue weighted by atomic mass is 35.5. The summed E-state index contributed by atoms with van der Waals surface area (Å²) in [7, 11) is 1.29. The van der Waals surface area contributed by atoms with Gasteiger partial charge in [-0.25, -0.2) is 4.39 Å². The van der Waals surface area contributed by atoms with E-state index in [4.69, 9.17) is 21.4 Å². The molecule has 0 unspecified atom stereocenters. The van der Waals surface area contributed by atoms with Gasteiger partial charge in [-0.15, -0.1) is 0 Å². The van der Waals surface area contributed by atoms with E-state index in [-0.39, 0.29) is 22.1 Å². The van der Waals surface area contributed by atoms with Crippen molar-refractivity contribution in [1.29, 1.82) is 0 Å². The predicted molar refractivity (Wildman–Crippen MR) is 45.5 cm³/mol. The highest BCUT2D eigenvalue weighted by molar-refractivity contribution is 6.31. The summed E-state index contributed by atoms with van der Waals surface area (Å²) in [6.45, 7) is -0.493. The second kappa shape index (κ2) is 3.81. The molecule has 1 aromatic carbocycles. The van der Waals surface area contributed by atoms with E-state index in [9.17, 15) is 9.50 Å². The van der Waals surface area contributed by atoms with Gasteiger partial charge in [0.1, 0.15) is 5.82 Å². The maximum absolute atomic E-state index is 12.9. The van der Waals surface area contributed by atoms with Crippen LogP contribution in [0.5, 0.6) is 11.5 Å². The number of hydrogen-bond donors (Lipinski definition) is 2. The molecule has 0 spiro atoms. The van der Waals surface area contributed by atoms with E-state index < -0.39 is 12.4 Å². The van der Waals surface area contributed by atoms with Gasteiger partial charge >= 0.3 is 0 Å². The van der Waals surface area contributed by atoms with Crippen molar-refractivity contribution in [3.8, 4) is 11.5 Å². The lowest BCUT2D eigenvalue weighted by Gasteiger charge is -2.10. The van der Waals surface area contributed by atoms with Crippen LogP contribution in [0.15, 0.2) is 6.07 Å². The van der Waals surface area contributed by atoms with Crippen LogP contribution < -0.4 is 4.74 Å². The average molecular weight is 207 g/mol. The highest BCUT2D eigenvalue weighted by Gasteiger charge is 2.16. The molecule has 2 N–H and O–H groups in total. The minimum Gasteiger partial charge on any atom is -0.504 e. The number of halogens is 2. The van der Waals surface area contributed by atoms with Crippen LogP contribution in [0.4, 0.5) is 4.39 Å². The van der Waals surface area contributed by atoms with Crippen LogP contribution in [0.1, 0.15) is 5.56 Å². The Bertz CT molecular complexity index is 328. The lowest BCUT2D eigenvalue weighted by molar-refractivity contribution is 0.269. The molecular weight excluding hydrogens is 199 g/mol. The van der Waals surface area contributed by atoms with E-state index in [1.807, 2.05) is 0 Å². The Balaban J connectivity index is 3.41. The maximum Gasteiger partial charge on any atom is 0.167 e. The molecule has 0 amide bonds. The topological polar surface area (TPSA) is 49.7 Å². The molecule has 0 aliphatic carbocycles. The number of hydrogen-bond acceptors (Lipinski definition) is 3. The second-order valence-electron chi connectivity index (χ2n) is 2.36. The van der Waals surface area contributed by atoms with E-state index in [1.54, 1.807) is 0 Å². The molecule has 0 saturated carbocycles. The SMILES string of the molecule is COc1c(O)cc(F)c(Cl)c1CO. The van der Waals surface area contributed by atoms with Crippen molar-refractivity contribution in [3.63, 3.8) is 0 Å². The number of benzene rings is 1. The Morgan fingerprint density at radius 1 is 1.62 bits per heavy atom. The Kier molecular flexibility index (Phi) is 2.95. The van der Waals surface area contributed by atoms with Gasteiger partial charge < -0.3 is 14.9 Å². The number of rotatable bonds is 2. The average Bonchev–Trinajstić information content (AvgIpc) is 2.10. The fraction of sp³-hybridized carbons (Fsp3) is 0.250. The van der Waals surface area contributed by atoms with E-state index in [1.165, 1.54) is 7.11 Å². The molecule has 0 aromatic heterocycles. The molecule has 1 rings (SSSR count). The molecule has 0 atom stereocenters. The zero-order valence-corrected chi connectivity index (χ0v) is 7.60. The first-order valence-electron chi connectivity index (χ1n) is 3.46. The minimum absolute atomic E-state index is 0.00565. The standard InChI is InChI=1S/C8H8ClFO3/c1-13-8-4(3-11)7(9)5(10)2-6(8)12/h2,11-12H,3H2,1H3. The summed E-state index contributed by atoms with van der Waals surface area (Å²) in [5, 5.41) is 17.8. The molecule has 0 heterocycles. The second-order valence-corrected chi connectivity index (χ2v) is 2.74. The van der Waals surface area contributed by atoms with Gasteiger partial charge in [-0.1, -0.05) is 11.6 Å². The number of aromatic hydroxyl groups is 1. The predicted octanol–water partition coefficient (Wildman–Crippen LogP) is 1.69. The zero-order chi connectivity index (χ0) is 10.0. The van der Waals surface area contributed by atoms with Crippen LogP contribution in [-0.4, -0.2) is 17.3 Å². The summed E-state index contributed by atoms with van der Waals surface area (Å²) in [6.07, 6.45) is 0. The van der Waals surface area contributed by atoms with Crippen LogP contribution in [0, 0.1) is 5.82 Å². The van der Waals surface area contributed by atoms with Crippen molar-refractivity contribution < 1.29 is 19.3 Å². The molecule has 5 heteroatoms. The summed E-state index contributed by atoms with van der Waals surface area (Å²) >= 11 is 5.52. The van der Waals surface area contributed by atoms with Gasteiger partial charge in [-0.05, 0) is 0 Å². The Morgan fingerprint density at radius 2 is 2.23 bits per heavy atom. The third kappa shape index (κ3) is 1.68. The van der Waals surface area contributed by atoms with Gasteiger partial charge in [-0.3, -0.25) is 0 Å². The maximum atomic E-state index is 12.9. The normalized spacial score (nSPS) is 10.2. The van der Waals surface area contributed by atoms with E-state index in [2.05, 4.69) is 0 Å². The van der Waals surface area contributed by atoms with Crippen molar-refractivity contribution in [2.24, 2.45) is 0 Å². The quantitative estimate of drug-likeness (QED) is 0.774. The molecule has 1 aromatic rings. The smallest absolute Gasteiger partial charge is 0.167 e. The van der Waals surface area contributed by atoms with E-state index in [0.717, 1.165) is 6.07 Å². The van der Waals surface area contributed by atoms with E-state index in [0.29, 0.717) is 0 Å².